The van der Waals surface area contributed by atoms with Crippen LogP contribution in [0.4, 0.5) is 16.2 Å². The first-order valence-corrected chi connectivity index (χ1v) is 5.84. The van der Waals surface area contributed by atoms with Crippen molar-refractivity contribution in [2.45, 2.75) is 19.4 Å². The average molecular weight is 291 g/mol. The Hall–Kier alpha value is -3.08. The standard InChI is InChI=1S/C13H13N3O5/c1-3-4-10(12(17)18)15-13(19)14-9-5-6-11(16(20)21)8(2)7-9/h1,5-7,10H,4H2,2H3,(H,17,18)(H2,14,15,19). The number of aliphatic carboxylic acids is 1. The van der Waals surface area contributed by atoms with E-state index in [1.807, 2.05) is 0 Å². The molecule has 0 saturated carbocycles. The maximum atomic E-state index is 11.6. The topological polar surface area (TPSA) is 122 Å². The van der Waals surface area contributed by atoms with Crippen molar-refractivity contribution < 1.29 is 19.6 Å². The summed E-state index contributed by atoms with van der Waals surface area (Å²) in [4.78, 5) is 32.6. The summed E-state index contributed by atoms with van der Waals surface area (Å²) in [5.74, 6) is 0.902. The Morgan fingerprint density at radius 3 is 2.67 bits per heavy atom. The van der Waals surface area contributed by atoms with Gasteiger partial charge in [0, 0.05) is 23.7 Å². The van der Waals surface area contributed by atoms with E-state index in [0.717, 1.165) is 0 Å². The van der Waals surface area contributed by atoms with E-state index in [1.54, 1.807) is 0 Å². The molecule has 1 rings (SSSR count). The summed E-state index contributed by atoms with van der Waals surface area (Å²) in [5, 5.41) is 24.1. The summed E-state index contributed by atoms with van der Waals surface area (Å²) in [6.07, 6.45) is 4.86. The van der Waals surface area contributed by atoms with Crippen LogP contribution in [0.5, 0.6) is 0 Å². The van der Waals surface area contributed by atoms with Gasteiger partial charge in [-0.25, -0.2) is 9.59 Å². The molecule has 0 heterocycles. The maximum absolute atomic E-state index is 11.6. The van der Waals surface area contributed by atoms with Crippen molar-refractivity contribution in [3.8, 4) is 12.3 Å². The number of benzene rings is 1. The van der Waals surface area contributed by atoms with E-state index in [0.29, 0.717) is 11.3 Å². The second-order valence-corrected chi connectivity index (χ2v) is 4.16. The predicted octanol–water partition coefficient (Wildman–Crippen LogP) is 1.50. The SMILES string of the molecule is C#CCC(NC(=O)Nc1ccc([N+](=O)[O-])c(C)c1)C(=O)O. The highest BCUT2D eigenvalue weighted by atomic mass is 16.6. The van der Waals surface area contributed by atoms with E-state index in [2.05, 4.69) is 16.6 Å². The number of carbonyl (C=O) groups is 2. The number of aryl methyl sites for hydroxylation is 1. The molecule has 1 atom stereocenters. The van der Waals surface area contributed by atoms with Crippen LogP contribution >= 0.6 is 0 Å². The molecule has 3 N–H and O–H groups in total. The van der Waals surface area contributed by atoms with Crippen LogP contribution in [0.1, 0.15) is 12.0 Å². The zero-order valence-electron chi connectivity index (χ0n) is 11.1. The smallest absolute Gasteiger partial charge is 0.327 e. The Balaban J connectivity index is 2.75. The van der Waals surface area contributed by atoms with Crippen molar-refractivity contribution in [1.82, 2.24) is 5.32 Å². The molecule has 1 unspecified atom stereocenters. The molecule has 0 radical (unpaired) electrons. The summed E-state index contributed by atoms with van der Waals surface area (Å²) in [6, 6.07) is 2.05. The molecule has 1 aromatic carbocycles. The second-order valence-electron chi connectivity index (χ2n) is 4.16. The highest BCUT2D eigenvalue weighted by Gasteiger charge is 2.19. The summed E-state index contributed by atoms with van der Waals surface area (Å²) < 4.78 is 0. The van der Waals surface area contributed by atoms with Gasteiger partial charge in [-0.15, -0.1) is 12.3 Å². The monoisotopic (exact) mass is 291 g/mol. The Morgan fingerprint density at radius 2 is 2.19 bits per heavy atom. The zero-order chi connectivity index (χ0) is 16.0. The summed E-state index contributed by atoms with van der Waals surface area (Å²) >= 11 is 0. The summed E-state index contributed by atoms with van der Waals surface area (Å²) in [5.41, 5.74) is 0.605. The van der Waals surface area contributed by atoms with Gasteiger partial charge >= 0.3 is 12.0 Å². The number of amides is 2. The molecular weight excluding hydrogens is 278 g/mol. The molecule has 110 valence electrons. The van der Waals surface area contributed by atoms with Crippen molar-refractivity contribution in [2.24, 2.45) is 0 Å². The highest BCUT2D eigenvalue weighted by molar-refractivity contribution is 5.92. The number of rotatable bonds is 5. The normalized spacial score (nSPS) is 11.0. The molecule has 0 spiro atoms. The largest absolute Gasteiger partial charge is 0.480 e. The first kappa shape index (κ1) is 16.0. The number of nitro groups is 1. The fraction of sp³-hybridized carbons (Fsp3) is 0.231. The first-order chi connectivity index (χ1) is 9.85. The molecule has 0 aliphatic carbocycles. The van der Waals surface area contributed by atoms with Gasteiger partial charge in [-0.2, -0.15) is 0 Å². The van der Waals surface area contributed by atoms with Crippen LogP contribution in [0.3, 0.4) is 0 Å². The fourth-order valence-corrected chi connectivity index (χ4v) is 1.58. The van der Waals surface area contributed by atoms with Crippen LogP contribution in [0.25, 0.3) is 0 Å². The lowest BCUT2D eigenvalue weighted by Crippen LogP contribution is -2.42. The van der Waals surface area contributed by atoms with Crippen molar-refractivity contribution in [3.63, 3.8) is 0 Å². The van der Waals surface area contributed by atoms with Crippen LogP contribution in [0.2, 0.25) is 0 Å². The summed E-state index contributed by atoms with van der Waals surface area (Å²) in [7, 11) is 0. The molecule has 0 bridgehead atoms. The molecule has 0 aliphatic heterocycles. The minimum Gasteiger partial charge on any atom is -0.480 e. The average Bonchev–Trinajstić information content (AvgIpc) is 2.37. The fourth-order valence-electron chi connectivity index (χ4n) is 1.58. The number of carboxylic acids is 1. The maximum Gasteiger partial charge on any atom is 0.327 e. The van der Waals surface area contributed by atoms with Gasteiger partial charge in [0.1, 0.15) is 6.04 Å². The van der Waals surface area contributed by atoms with Crippen LogP contribution in [-0.4, -0.2) is 28.1 Å². The molecule has 1 aromatic rings. The van der Waals surface area contributed by atoms with Gasteiger partial charge in [0.15, 0.2) is 0 Å². The highest BCUT2D eigenvalue weighted by Crippen LogP contribution is 2.21. The summed E-state index contributed by atoms with van der Waals surface area (Å²) in [6.45, 7) is 1.53. The Morgan fingerprint density at radius 1 is 1.52 bits per heavy atom. The number of anilines is 1. The van der Waals surface area contributed by atoms with Gasteiger partial charge < -0.3 is 15.7 Å². The van der Waals surface area contributed by atoms with Gasteiger partial charge in [0.2, 0.25) is 0 Å². The van der Waals surface area contributed by atoms with E-state index in [1.165, 1.54) is 25.1 Å². The van der Waals surface area contributed by atoms with Crippen molar-refractivity contribution in [1.29, 1.82) is 0 Å². The quantitative estimate of drug-likeness (QED) is 0.431. The number of carbonyl (C=O) groups excluding carboxylic acids is 1. The van der Waals surface area contributed by atoms with E-state index in [-0.39, 0.29) is 12.1 Å². The minimum atomic E-state index is -1.25. The van der Waals surface area contributed by atoms with Crippen molar-refractivity contribution >= 4 is 23.4 Å². The van der Waals surface area contributed by atoms with E-state index >= 15 is 0 Å². The third-order valence-electron chi connectivity index (χ3n) is 2.58. The third kappa shape index (κ3) is 4.50. The Kier molecular flexibility index (Phi) is 5.25. The molecular formula is C13H13N3O5. The van der Waals surface area contributed by atoms with Gasteiger partial charge in [0.25, 0.3) is 5.69 Å². The lowest BCUT2D eigenvalue weighted by molar-refractivity contribution is -0.385. The van der Waals surface area contributed by atoms with Gasteiger partial charge in [0.05, 0.1) is 4.92 Å². The van der Waals surface area contributed by atoms with Crippen LogP contribution in [-0.2, 0) is 4.79 Å². The molecule has 0 aromatic heterocycles. The number of nitro benzene ring substituents is 1. The van der Waals surface area contributed by atoms with Crippen molar-refractivity contribution in [3.05, 3.63) is 33.9 Å². The molecule has 0 saturated heterocycles. The van der Waals surface area contributed by atoms with Crippen LogP contribution in [0.15, 0.2) is 18.2 Å². The number of hydrogen-bond donors (Lipinski definition) is 3. The van der Waals surface area contributed by atoms with E-state index < -0.39 is 23.0 Å². The van der Waals surface area contributed by atoms with Crippen LogP contribution < -0.4 is 10.6 Å². The Labute approximate surface area is 120 Å². The third-order valence-corrected chi connectivity index (χ3v) is 2.58. The van der Waals surface area contributed by atoms with E-state index in [9.17, 15) is 19.7 Å². The number of carboxylic acid groups (broad SMARTS) is 1. The van der Waals surface area contributed by atoms with Gasteiger partial charge in [-0.1, -0.05) is 0 Å². The molecule has 8 nitrogen and oxygen atoms in total. The molecule has 21 heavy (non-hydrogen) atoms. The predicted molar refractivity (Wildman–Crippen MR) is 74.9 cm³/mol. The second kappa shape index (κ2) is 6.91. The lowest BCUT2D eigenvalue weighted by atomic mass is 10.2. The Bertz CT molecular complexity index is 621. The van der Waals surface area contributed by atoms with Crippen LogP contribution in [0, 0.1) is 29.4 Å². The van der Waals surface area contributed by atoms with Crippen molar-refractivity contribution in [2.75, 3.05) is 5.32 Å². The molecule has 8 heteroatoms. The van der Waals surface area contributed by atoms with E-state index in [4.69, 9.17) is 11.5 Å². The number of hydrogen-bond acceptors (Lipinski definition) is 4. The lowest BCUT2D eigenvalue weighted by Gasteiger charge is -2.13. The molecule has 2 amide bonds. The number of terminal acetylenes is 1. The van der Waals surface area contributed by atoms with Gasteiger partial charge in [-0.3, -0.25) is 10.1 Å². The first-order valence-electron chi connectivity index (χ1n) is 5.84. The number of nitrogens with zero attached hydrogens (tertiary/aromatic N) is 1. The molecule has 0 aliphatic rings. The number of urea groups is 1. The minimum absolute atomic E-state index is 0.0725. The molecule has 0 fully saturated rings. The van der Waals surface area contributed by atoms with Gasteiger partial charge in [-0.05, 0) is 19.1 Å². The number of nitrogens with one attached hydrogen (secondary N) is 2. The zero-order valence-corrected chi connectivity index (χ0v) is 11.1.